The number of anilines is 1. The van der Waals surface area contributed by atoms with Crippen molar-refractivity contribution in [1.82, 2.24) is 9.21 Å². The average molecular weight is 317 g/mol. The van der Waals surface area contributed by atoms with Crippen LogP contribution in [0.25, 0.3) is 0 Å². The van der Waals surface area contributed by atoms with Gasteiger partial charge in [-0.15, -0.1) is 0 Å². The molecule has 2 rings (SSSR count). The zero-order chi connectivity index (χ0) is 15.8. The highest BCUT2D eigenvalue weighted by Crippen LogP contribution is 2.30. The fourth-order valence-corrected chi connectivity index (χ4v) is 3.47. The first-order valence-electron chi connectivity index (χ1n) is 6.14. The highest BCUT2D eigenvalue weighted by Gasteiger charge is 2.32. The second-order valence-electron chi connectivity index (χ2n) is 4.68. The van der Waals surface area contributed by atoms with Crippen LogP contribution in [0.4, 0.5) is 10.1 Å². The maximum atomic E-state index is 13.8. The summed E-state index contributed by atoms with van der Waals surface area (Å²) in [5.74, 6) is -1.38. The van der Waals surface area contributed by atoms with Crippen molar-refractivity contribution in [3.8, 4) is 5.75 Å². The summed E-state index contributed by atoms with van der Waals surface area (Å²) in [5.41, 5.74) is 5.47. The Morgan fingerprint density at radius 2 is 2.00 bits per heavy atom. The van der Waals surface area contributed by atoms with E-state index in [1.54, 1.807) is 7.05 Å². The summed E-state index contributed by atoms with van der Waals surface area (Å²) in [4.78, 5) is 12.8. The number of methoxy groups -OCH3 is 1. The first kappa shape index (κ1) is 15.5. The lowest BCUT2D eigenvalue weighted by Gasteiger charge is -2.31. The molecule has 116 valence electrons. The van der Waals surface area contributed by atoms with Gasteiger partial charge in [-0.25, -0.2) is 12.8 Å². The summed E-state index contributed by atoms with van der Waals surface area (Å²) in [7, 11) is -1.15. The molecular formula is C12H16FN3O4S. The monoisotopic (exact) mass is 317 g/mol. The summed E-state index contributed by atoms with van der Waals surface area (Å²) in [5, 5.41) is 0. The van der Waals surface area contributed by atoms with Gasteiger partial charge in [0, 0.05) is 20.1 Å². The zero-order valence-corrected chi connectivity index (χ0v) is 12.5. The SMILES string of the molecule is COc1c(N)cc(S(=O)(=O)N2CCN(C)C(=O)C2)cc1F. The van der Waals surface area contributed by atoms with Crippen molar-refractivity contribution in [3.63, 3.8) is 0 Å². The van der Waals surface area contributed by atoms with Crippen LogP contribution < -0.4 is 10.5 Å². The lowest BCUT2D eigenvalue weighted by molar-refractivity contribution is -0.132. The molecular weight excluding hydrogens is 301 g/mol. The molecule has 1 aromatic rings. The fraction of sp³-hybridized carbons (Fsp3) is 0.417. The molecule has 0 radical (unpaired) electrons. The van der Waals surface area contributed by atoms with Crippen molar-refractivity contribution in [2.45, 2.75) is 4.90 Å². The van der Waals surface area contributed by atoms with Crippen LogP contribution in [0.3, 0.4) is 0 Å². The van der Waals surface area contributed by atoms with Crippen LogP contribution in [-0.2, 0) is 14.8 Å². The quantitative estimate of drug-likeness (QED) is 0.785. The second-order valence-corrected chi connectivity index (χ2v) is 6.62. The van der Waals surface area contributed by atoms with Gasteiger partial charge in [0.15, 0.2) is 11.6 Å². The Balaban J connectivity index is 2.39. The molecule has 2 N–H and O–H groups in total. The van der Waals surface area contributed by atoms with Crippen LogP contribution in [0.15, 0.2) is 17.0 Å². The Bertz CT molecular complexity index is 654. The van der Waals surface area contributed by atoms with Crippen molar-refractivity contribution in [3.05, 3.63) is 17.9 Å². The maximum absolute atomic E-state index is 13.8. The number of sulfonamides is 1. The number of rotatable bonds is 3. The number of nitrogens with zero attached hydrogens (tertiary/aromatic N) is 2. The van der Waals surface area contributed by atoms with E-state index >= 15 is 0 Å². The largest absolute Gasteiger partial charge is 0.492 e. The molecule has 0 unspecified atom stereocenters. The molecule has 1 amide bonds. The first-order valence-corrected chi connectivity index (χ1v) is 7.58. The van der Waals surface area contributed by atoms with Crippen LogP contribution in [0.5, 0.6) is 5.75 Å². The molecule has 1 aliphatic rings. The molecule has 0 spiro atoms. The first-order chi connectivity index (χ1) is 9.77. The highest BCUT2D eigenvalue weighted by atomic mass is 32.2. The predicted octanol–water partition coefficient (Wildman–Crippen LogP) is -0.121. The topological polar surface area (TPSA) is 92.9 Å². The van der Waals surface area contributed by atoms with E-state index in [0.29, 0.717) is 0 Å². The van der Waals surface area contributed by atoms with Crippen molar-refractivity contribution in [2.75, 3.05) is 39.5 Å². The number of carbonyl (C=O) groups is 1. The van der Waals surface area contributed by atoms with E-state index in [-0.39, 0.29) is 41.9 Å². The normalized spacial score (nSPS) is 17.1. The summed E-state index contributed by atoms with van der Waals surface area (Å²) in [6.45, 7) is 0.163. The third-order valence-corrected chi connectivity index (χ3v) is 5.13. The predicted molar refractivity (Wildman–Crippen MR) is 73.8 cm³/mol. The van der Waals surface area contributed by atoms with Crippen molar-refractivity contribution in [2.24, 2.45) is 0 Å². The van der Waals surface area contributed by atoms with Gasteiger partial charge >= 0.3 is 0 Å². The summed E-state index contributed by atoms with van der Waals surface area (Å²) in [6, 6.07) is 1.97. The number of nitrogens with two attached hydrogens (primary N) is 1. The van der Waals surface area contributed by atoms with Gasteiger partial charge in [0.1, 0.15) is 0 Å². The molecule has 0 saturated carbocycles. The van der Waals surface area contributed by atoms with E-state index in [0.717, 1.165) is 16.4 Å². The molecule has 9 heteroatoms. The number of amides is 1. The average Bonchev–Trinajstić information content (AvgIpc) is 2.41. The summed E-state index contributed by atoms with van der Waals surface area (Å²) in [6.07, 6.45) is 0. The minimum atomic E-state index is -3.98. The number of benzene rings is 1. The van der Waals surface area contributed by atoms with E-state index in [9.17, 15) is 17.6 Å². The van der Waals surface area contributed by atoms with Gasteiger partial charge < -0.3 is 15.4 Å². The smallest absolute Gasteiger partial charge is 0.243 e. The van der Waals surface area contributed by atoms with E-state index in [4.69, 9.17) is 10.5 Å². The van der Waals surface area contributed by atoms with Crippen molar-refractivity contribution >= 4 is 21.6 Å². The number of carbonyl (C=O) groups excluding carboxylic acids is 1. The number of likely N-dealkylation sites (N-methyl/N-ethyl adjacent to an activating group) is 1. The van der Waals surface area contributed by atoms with Gasteiger partial charge in [-0.2, -0.15) is 4.31 Å². The molecule has 7 nitrogen and oxygen atoms in total. The van der Waals surface area contributed by atoms with E-state index in [2.05, 4.69) is 0 Å². The molecule has 1 aliphatic heterocycles. The number of hydrogen-bond acceptors (Lipinski definition) is 5. The van der Waals surface area contributed by atoms with Gasteiger partial charge in [-0.05, 0) is 12.1 Å². The maximum Gasteiger partial charge on any atom is 0.243 e. The van der Waals surface area contributed by atoms with E-state index in [1.165, 1.54) is 12.0 Å². The molecule has 0 aromatic heterocycles. The Labute approximate surface area is 122 Å². The van der Waals surface area contributed by atoms with Gasteiger partial charge in [0.25, 0.3) is 0 Å². The molecule has 1 aromatic carbocycles. The van der Waals surface area contributed by atoms with Gasteiger partial charge in [0.2, 0.25) is 15.9 Å². The molecule has 0 atom stereocenters. The van der Waals surface area contributed by atoms with E-state index < -0.39 is 15.8 Å². The minimum Gasteiger partial charge on any atom is -0.492 e. The molecule has 1 saturated heterocycles. The standard InChI is InChI=1S/C12H16FN3O4S/c1-15-3-4-16(7-11(15)17)21(18,19)8-5-9(13)12(20-2)10(14)6-8/h5-6H,3-4,7,14H2,1-2H3. The minimum absolute atomic E-state index is 0.114. The van der Waals surface area contributed by atoms with Gasteiger partial charge in [0.05, 0.1) is 24.2 Å². The van der Waals surface area contributed by atoms with Crippen LogP contribution in [-0.4, -0.2) is 57.3 Å². The third-order valence-electron chi connectivity index (χ3n) is 3.31. The lowest BCUT2D eigenvalue weighted by atomic mass is 10.3. The second kappa shape index (κ2) is 5.49. The Morgan fingerprint density at radius 1 is 1.33 bits per heavy atom. The van der Waals surface area contributed by atoms with Crippen LogP contribution in [0.2, 0.25) is 0 Å². The molecule has 1 heterocycles. The van der Waals surface area contributed by atoms with Crippen molar-refractivity contribution < 1.29 is 22.3 Å². The Hall–Kier alpha value is -1.87. The number of hydrogen-bond donors (Lipinski definition) is 1. The van der Waals surface area contributed by atoms with E-state index in [1.807, 2.05) is 0 Å². The highest BCUT2D eigenvalue weighted by molar-refractivity contribution is 7.89. The Morgan fingerprint density at radius 3 is 2.52 bits per heavy atom. The van der Waals surface area contributed by atoms with Gasteiger partial charge in [-0.1, -0.05) is 0 Å². The lowest BCUT2D eigenvalue weighted by Crippen LogP contribution is -2.50. The number of halogens is 1. The number of piperazine rings is 1. The third kappa shape index (κ3) is 2.79. The molecule has 0 bridgehead atoms. The molecule has 21 heavy (non-hydrogen) atoms. The molecule has 1 fully saturated rings. The Kier molecular flexibility index (Phi) is 4.06. The zero-order valence-electron chi connectivity index (χ0n) is 11.7. The number of ether oxygens (including phenoxy) is 1. The fourth-order valence-electron chi connectivity index (χ4n) is 2.04. The van der Waals surface area contributed by atoms with Crippen LogP contribution in [0, 0.1) is 5.82 Å². The summed E-state index contributed by atoms with van der Waals surface area (Å²) < 4.78 is 44.4. The van der Waals surface area contributed by atoms with Gasteiger partial charge in [-0.3, -0.25) is 4.79 Å². The van der Waals surface area contributed by atoms with Crippen LogP contribution in [0.1, 0.15) is 0 Å². The summed E-state index contributed by atoms with van der Waals surface area (Å²) >= 11 is 0. The van der Waals surface area contributed by atoms with Crippen LogP contribution >= 0.6 is 0 Å². The number of nitrogen functional groups attached to an aromatic ring is 1. The molecule has 0 aliphatic carbocycles. The van der Waals surface area contributed by atoms with Crippen molar-refractivity contribution in [1.29, 1.82) is 0 Å².